The number of benzene rings is 1. The molecule has 1 aromatic rings. The van der Waals surface area contributed by atoms with Gasteiger partial charge in [-0.1, -0.05) is 11.6 Å². The van der Waals surface area contributed by atoms with Crippen LogP contribution in [0, 0.1) is 0 Å². The predicted molar refractivity (Wildman–Crippen MR) is 78.4 cm³/mol. The molecule has 0 saturated carbocycles. The van der Waals surface area contributed by atoms with Gasteiger partial charge in [-0.05, 0) is 48.1 Å². The molecular formula is C13H16ClNS2. The average molecular weight is 286 g/mol. The summed E-state index contributed by atoms with van der Waals surface area (Å²) >= 11 is 10.1. The van der Waals surface area contributed by atoms with Gasteiger partial charge in [0, 0.05) is 27.8 Å². The van der Waals surface area contributed by atoms with Crippen molar-refractivity contribution < 1.29 is 0 Å². The second kappa shape index (κ2) is 5.43. The summed E-state index contributed by atoms with van der Waals surface area (Å²) in [7, 11) is 0. The van der Waals surface area contributed by atoms with Gasteiger partial charge in [0.2, 0.25) is 0 Å². The maximum Gasteiger partial charge on any atom is 0.0410 e. The minimum atomic E-state index is 0.508. The van der Waals surface area contributed by atoms with Gasteiger partial charge < -0.3 is 5.32 Å². The van der Waals surface area contributed by atoms with E-state index in [1.54, 1.807) is 0 Å². The van der Waals surface area contributed by atoms with Crippen LogP contribution in [0.25, 0.3) is 0 Å². The van der Waals surface area contributed by atoms with E-state index >= 15 is 0 Å². The molecule has 0 amide bonds. The lowest BCUT2D eigenvalue weighted by Gasteiger charge is -2.28. The van der Waals surface area contributed by atoms with Crippen molar-refractivity contribution >= 4 is 35.1 Å². The maximum atomic E-state index is 6.12. The van der Waals surface area contributed by atoms with Gasteiger partial charge in [0.05, 0.1) is 0 Å². The maximum absolute atomic E-state index is 6.12. The quantitative estimate of drug-likeness (QED) is 0.883. The molecule has 0 aromatic heterocycles. The second-order valence-corrected chi connectivity index (χ2v) is 7.32. The molecule has 1 aromatic carbocycles. The van der Waals surface area contributed by atoms with Gasteiger partial charge >= 0.3 is 0 Å². The highest BCUT2D eigenvalue weighted by Gasteiger charge is 2.25. The third-order valence-electron chi connectivity index (χ3n) is 3.38. The summed E-state index contributed by atoms with van der Waals surface area (Å²) in [6, 6.07) is 7.51. The number of hydrogen-bond donors (Lipinski definition) is 1. The number of nitrogens with one attached hydrogen (secondary N) is 1. The smallest absolute Gasteiger partial charge is 0.0410 e. The summed E-state index contributed by atoms with van der Waals surface area (Å²) in [4.78, 5) is 1.41. The Kier molecular flexibility index (Phi) is 3.90. The standard InChI is InChI=1S/C13H16ClNS2/c14-9-1-2-13-11(7-9)12(4-6-17-13)15-10-3-5-16-8-10/h1-2,7,10,12,15H,3-6,8H2. The summed E-state index contributed by atoms with van der Waals surface area (Å²) in [5.74, 6) is 3.78. The number of hydrogen-bond acceptors (Lipinski definition) is 3. The zero-order valence-corrected chi connectivity index (χ0v) is 12.0. The van der Waals surface area contributed by atoms with Crippen LogP contribution in [0.1, 0.15) is 24.4 Å². The van der Waals surface area contributed by atoms with E-state index in [4.69, 9.17) is 11.6 Å². The Bertz CT molecular complexity index is 404. The SMILES string of the molecule is Clc1ccc2c(c1)C(NC1CCSC1)CCS2. The monoisotopic (exact) mass is 285 g/mol. The molecule has 2 atom stereocenters. The van der Waals surface area contributed by atoms with Crippen molar-refractivity contribution in [2.75, 3.05) is 17.3 Å². The molecule has 0 spiro atoms. The van der Waals surface area contributed by atoms with Crippen LogP contribution in [0.4, 0.5) is 0 Å². The van der Waals surface area contributed by atoms with Crippen LogP contribution in [0.15, 0.2) is 23.1 Å². The minimum Gasteiger partial charge on any atom is -0.306 e. The number of thioether (sulfide) groups is 2. The highest BCUT2D eigenvalue weighted by molar-refractivity contribution is 7.99. The molecule has 4 heteroatoms. The van der Waals surface area contributed by atoms with Gasteiger partial charge in [-0.15, -0.1) is 11.8 Å². The molecule has 3 rings (SSSR count). The van der Waals surface area contributed by atoms with Crippen molar-refractivity contribution in [3.05, 3.63) is 28.8 Å². The molecule has 2 unspecified atom stereocenters. The fourth-order valence-corrected chi connectivity index (χ4v) is 4.94. The lowest BCUT2D eigenvalue weighted by Crippen LogP contribution is -2.34. The van der Waals surface area contributed by atoms with E-state index in [2.05, 4.69) is 29.2 Å². The normalized spacial score (nSPS) is 28.1. The summed E-state index contributed by atoms with van der Waals surface area (Å²) in [5, 5.41) is 4.67. The molecule has 92 valence electrons. The van der Waals surface area contributed by atoms with Crippen molar-refractivity contribution in [2.45, 2.75) is 29.8 Å². The molecule has 2 heterocycles. The minimum absolute atomic E-state index is 0.508. The van der Waals surface area contributed by atoms with Crippen molar-refractivity contribution in [1.82, 2.24) is 5.32 Å². The van der Waals surface area contributed by atoms with Crippen molar-refractivity contribution in [2.24, 2.45) is 0 Å². The van der Waals surface area contributed by atoms with Crippen molar-refractivity contribution in [1.29, 1.82) is 0 Å². The van der Waals surface area contributed by atoms with Crippen LogP contribution in [0.5, 0.6) is 0 Å². The highest BCUT2D eigenvalue weighted by Crippen LogP contribution is 2.38. The number of halogens is 1. The van der Waals surface area contributed by atoms with Gasteiger partial charge in [-0.3, -0.25) is 0 Å². The van der Waals surface area contributed by atoms with Crippen molar-refractivity contribution in [3.8, 4) is 0 Å². The van der Waals surface area contributed by atoms with E-state index in [1.165, 1.54) is 40.6 Å². The summed E-state index contributed by atoms with van der Waals surface area (Å²) in [6.07, 6.45) is 2.53. The predicted octanol–water partition coefficient (Wildman–Crippen LogP) is 3.97. The van der Waals surface area contributed by atoms with E-state index in [1.807, 2.05) is 17.8 Å². The third kappa shape index (κ3) is 2.78. The Morgan fingerprint density at radius 3 is 3.00 bits per heavy atom. The Balaban J connectivity index is 1.80. The summed E-state index contributed by atoms with van der Waals surface area (Å²) < 4.78 is 0. The van der Waals surface area contributed by atoms with Gasteiger partial charge in [0.1, 0.15) is 0 Å². The third-order valence-corrected chi connectivity index (χ3v) is 5.90. The summed E-state index contributed by atoms with van der Waals surface area (Å²) in [6.45, 7) is 0. The van der Waals surface area contributed by atoms with Gasteiger partial charge in [-0.25, -0.2) is 0 Å². The van der Waals surface area contributed by atoms with Crippen LogP contribution in [-0.2, 0) is 0 Å². The van der Waals surface area contributed by atoms with Crippen LogP contribution in [0.2, 0.25) is 5.02 Å². The Hall–Kier alpha value is 0.170. The number of fused-ring (bicyclic) bond motifs is 1. The van der Waals surface area contributed by atoms with Crippen LogP contribution >= 0.6 is 35.1 Å². The highest BCUT2D eigenvalue weighted by atomic mass is 35.5. The van der Waals surface area contributed by atoms with Gasteiger partial charge in [0.15, 0.2) is 0 Å². The zero-order chi connectivity index (χ0) is 11.7. The molecule has 2 aliphatic rings. The van der Waals surface area contributed by atoms with Crippen molar-refractivity contribution in [3.63, 3.8) is 0 Å². The molecule has 0 bridgehead atoms. The lowest BCUT2D eigenvalue weighted by atomic mass is 10.0. The Morgan fingerprint density at radius 2 is 2.18 bits per heavy atom. The molecular weight excluding hydrogens is 270 g/mol. The molecule has 1 saturated heterocycles. The first kappa shape index (κ1) is 12.2. The fraction of sp³-hybridized carbons (Fsp3) is 0.538. The van der Waals surface area contributed by atoms with E-state index in [0.29, 0.717) is 12.1 Å². The van der Waals surface area contributed by atoms with Crippen LogP contribution in [0.3, 0.4) is 0 Å². The van der Waals surface area contributed by atoms with E-state index < -0.39 is 0 Å². The summed E-state index contributed by atoms with van der Waals surface area (Å²) in [5.41, 5.74) is 1.41. The second-order valence-electron chi connectivity index (χ2n) is 4.60. The first-order valence-corrected chi connectivity index (χ1v) is 8.61. The van der Waals surface area contributed by atoms with Gasteiger partial charge in [-0.2, -0.15) is 11.8 Å². The fourth-order valence-electron chi connectivity index (χ4n) is 2.49. The Morgan fingerprint density at radius 1 is 1.24 bits per heavy atom. The van der Waals surface area contributed by atoms with E-state index in [9.17, 15) is 0 Å². The molecule has 0 aliphatic carbocycles. The average Bonchev–Trinajstić information content (AvgIpc) is 2.83. The molecule has 2 aliphatic heterocycles. The van der Waals surface area contributed by atoms with Gasteiger partial charge in [0.25, 0.3) is 0 Å². The zero-order valence-electron chi connectivity index (χ0n) is 9.62. The molecule has 0 radical (unpaired) electrons. The number of rotatable bonds is 2. The first-order valence-electron chi connectivity index (χ1n) is 6.09. The molecule has 1 nitrogen and oxygen atoms in total. The molecule has 1 fully saturated rings. The van der Waals surface area contributed by atoms with E-state index in [0.717, 1.165) is 5.02 Å². The molecule has 1 N–H and O–H groups in total. The van der Waals surface area contributed by atoms with Crippen LogP contribution < -0.4 is 5.32 Å². The van der Waals surface area contributed by atoms with E-state index in [-0.39, 0.29) is 0 Å². The van der Waals surface area contributed by atoms with Crippen LogP contribution in [-0.4, -0.2) is 23.3 Å². The Labute approximate surface area is 116 Å². The topological polar surface area (TPSA) is 12.0 Å². The molecule has 17 heavy (non-hydrogen) atoms. The lowest BCUT2D eigenvalue weighted by molar-refractivity contribution is 0.445. The first-order chi connectivity index (χ1) is 8.33. The largest absolute Gasteiger partial charge is 0.306 e.